The minimum Gasteiger partial charge on any atom is -0.390 e. The molecule has 0 bridgehead atoms. The average Bonchev–Trinajstić information content (AvgIpc) is 2.56. The van der Waals surface area contributed by atoms with Crippen molar-refractivity contribution in [3.8, 4) is 0 Å². The van der Waals surface area contributed by atoms with E-state index in [1.807, 2.05) is 43.3 Å². The van der Waals surface area contributed by atoms with Crippen LogP contribution in [0.25, 0.3) is 0 Å². The summed E-state index contributed by atoms with van der Waals surface area (Å²) in [6.45, 7) is 6.38. The topological polar surface area (TPSA) is 29.5 Å². The normalized spacial score (nSPS) is 23.5. The number of hydrogen-bond donors (Lipinski definition) is 1. The largest absolute Gasteiger partial charge is 0.390 e. The highest BCUT2D eigenvalue weighted by Gasteiger charge is 2.64. The van der Waals surface area contributed by atoms with Crippen molar-refractivity contribution in [1.82, 2.24) is 0 Å². The molecule has 0 aliphatic carbocycles. The molecule has 116 valence electrons. The molecule has 0 unspecified atom stereocenters. The molecule has 1 aliphatic heterocycles. The summed E-state index contributed by atoms with van der Waals surface area (Å²) in [6, 6.07) is 20.7. The van der Waals surface area contributed by atoms with Crippen molar-refractivity contribution in [2.75, 3.05) is 0 Å². The Kier molecular flexibility index (Phi) is 3.84. The maximum absolute atomic E-state index is 10.3. The SMILES string of the molecule is CC[C@@H](O)[C@@H]1OC(c2ccccc2)(c2ccccc2)C1(C)C. The van der Waals surface area contributed by atoms with Crippen LogP contribution in [0.3, 0.4) is 0 Å². The van der Waals surface area contributed by atoms with Crippen LogP contribution in [0, 0.1) is 5.41 Å². The first-order chi connectivity index (χ1) is 10.5. The molecule has 1 heterocycles. The summed E-state index contributed by atoms with van der Waals surface area (Å²) in [6.07, 6.45) is 0.113. The van der Waals surface area contributed by atoms with E-state index in [-0.39, 0.29) is 11.5 Å². The van der Waals surface area contributed by atoms with Gasteiger partial charge in [-0.25, -0.2) is 0 Å². The van der Waals surface area contributed by atoms with Gasteiger partial charge in [-0.15, -0.1) is 0 Å². The first kappa shape index (κ1) is 15.3. The zero-order valence-corrected chi connectivity index (χ0v) is 13.5. The van der Waals surface area contributed by atoms with E-state index in [9.17, 15) is 5.11 Å². The van der Waals surface area contributed by atoms with Crippen LogP contribution in [-0.4, -0.2) is 17.3 Å². The van der Waals surface area contributed by atoms with Gasteiger partial charge in [0.25, 0.3) is 0 Å². The van der Waals surface area contributed by atoms with Crippen LogP contribution in [0.15, 0.2) is 60.7 Å². The van der Waals surface area contributed by atoms with Gasteiger partial charge in [0.05, 0.1) is 12.2 Å². The van der Waals surface area contributed by atoms with E-state index in [4.69, 9.17) is 4.74 Å². The fraction of sp³-hybridized carbons (Fsp3) is 0.400. The molecule has 2 aromatic rings. The van der Waals surface area contributed by atoms with Crippen LogP contribution in [0.1, 0.15) is 38.3 Å². The molecule has 2 atom stereocenters. The summed E-state index contributed by atoms with van der Waals surface area (Å²) in [7, 11) is 0. The Labute approximate surface area is 132 Å². The third-order valence-corrected chi connectivity index (χ3v) is 5.05. The number of aliphatic hydroxyl groups is 1. The van der Waals surface area contributed by atoms with Gasteiger partial charge in [0.1, 0.15) is 5.60 Å². The number of ether oxygens (including phenoxy) is 1. The molecule has 1 saturated heterocycles. The standard InChI is InChI=1S/C20H24O2/c1-4-17(21)18-19(2,3)20(22-18,15-11-7-5-8-12-15)16-13-9-6-10-14-16/h5-14,17-18,21H,4H2,1-3H3/t17-,18+/m1/s1. The second-order valence-corrected chi connectivity index (χ2v) is 6.65. The Morgan fingerprint density at radius 2 is 1.41 bits per heavy atom. The second-order valence-electron chi connectivity index (χ2n) is 6.65. The molecule has 0 spiro atoms. The van der Waals surface area contributed by atoms with Gasteiger partial charge >= 0.3 is 0 Å². The summed E-state index contributed by atoms with van der Waals surface area (Å²) >= 11 is 0. The third-order valence-electron chi connectivity index (χ3n) is 5.05. The smallest absolute Gasteiger partial charge is 0.126 e. The molecule has 3 rings (SSSR count). The molecule has 0 saturated carbocycles. The van der Waals surface area contributed by atoms with E-state index in [0.717, 1.165) is 11.1 Å². The molecule has 1 fully saturated rings. The maximum Gasteiger partial charge on any atom is 0.126 e. The molecule has 1 aliphatic rings. The highest BCUT2D eigenvalue weighted by molar-refractivity contribution is 5.42. The predicted molar refractivity (Wildman–Crippen MR) is 88.6 cm³/mol. The van der Waals surface area contributed by atoms with Gasteiger partial charge in [0.2, 0.25) is 0 Å². The van der Waals surface area contributed by atoms with Crippen LogP contribution < -0.4 is 0 Å². The zero-order valence-electron chi connectivity index (χ0n) is 13.5. The van der Waals surface area contributed by atoms with Crippen LogP contribution >= 0.6 is 0 Å². The van der Waals surface area contributed by atoms with Crippen LogP contribution in [0.4, 0.5) is 0 Å². The summed E-state index contributed by atoms with van der Waals surface area (Å²) < 4.78 is 6.42. The van der Waals surface area contributed by atoms with Gasteiger partial charge in [0.15, 0.2) is 0 Å². The lowest BCUT2D eigenvalue weighted by atomic mass is 9.58. The molecule has 22 heavy (non-hydrogen) atoms. The van der Waals surface area contributed by atoms with Crippen molar-refractivity contribution in [3.63, 3.8) is 0 Å². The highest BCUT2D eigenvalue weighted by Crippen LogP contribution is 2.60. The van der Waals surface area contributed by atoms with Crippen LogP contribution in [0.5, 0.6) is 0 Å². The summed E-state index contributed by atoms with van der Waals surface area (Å²) in [5.41, 5.74) is 1.60. The first-order valence-corrected chi connectivity index (χ1v) is 8.01. The predicted octanol–water partition coefficient (Wildman–Crippen LogP) is 4.13. The summed E-state index contributed by atoms with van der Waals surface area (Å²) in [5.74, 6) is 0. The molecule has 2 heteroatoms. The van der Waals surface area contributed by atoms with E-state index < -0.39 is 11.7 Å². The quantitative estimate of drug-likeness (QED) is 0.919. The van der Waals surface area contributed by atoms with Gasteiger partial charge < -0.3 is 9.84 Å². The molecule has 2 nitrogen and oxygen atoms in total. The average molecular weight is 296 g/mol. The molecule has 0 radical (unpaired) electrons. The zero-order chi connectivity index (χ0) is 15.8. The van der Waals surface area contributed by atoms with Crippen molar-refractivity contribution in [3.05, 3.63) is 71.8 Å². The molecule has 2 aromatic carbocycles. The summed E-state index contributed by atoms with van der Waals surface area (Å²) in [5, 5.41) is 10.3. The maximum atomic E-state index is 10.3. The summed E-state index contributed by atoms with van der Waals surface area (Å²) in [4.78, 5) is 0. The van der Waals surface area contributed by atoms with Gasteiger partial charge in [-0.05, 0) is 17.5 Å². The highest BCUT2D eigenvalue weighted by atomic mass is 16.6. The van der Waals surface area contributed by atoms with E-state index in [1.165, 1.54) is 0 Å². The van der Waals surface area contributed by atoms with Crippen LogP contribution in [0.2, 0.25) is 0 Å². The Balaban J connectivity index is 2.12. The molecular formula is C20H24O2. The lowest BCUT2D eigenvalue weighted by Gasteiger charge is -2.63. The lowest BCUT2D eigenvalue weighted by molar-refractivity contribution is -0.320. The van der Waals surface area contributed by atoms with E-state index >= 15 is 0 Å². The van der Waals surface area contributed by atoms with Crippen molar-refractivity contribution >= 4 is 0 Å². The second kappa shape index (κ2) is 5.53. The first-order valence-electron chi connectivity index (χ1n) is 8.01. The number of benzene rings is 2. The molecular weight excluding hydrogens is 272 g/mol. The number of aliphatic hydroxyl groups excluding tert-OH is 1. The Bertz CT molecular complexity index is 579. The number of rotatable bonds is 4. The number of hydrogen-bond acceptors (Lipinski definition) is 2. The minimum absolute atomic E-state index is 0.155. The lowest BCUT2D eigenvalue weighted by Crippen LogP contribution is -2.68. The van der Waals surface area contributed by atoms with E-state index in [1.54, 1.807) is 0 Å². The Hall–Kier alpha value is -1.64. The van der Waals surface area contributed by atoms with Gasteiger partial charge in [-0.3, -0.25) is 0 Å². The monoisotopic (exact) mass is 296 g/mol. The van der Waals surface area contributed by atoms with Crippen molar-refractivity contribution in [1.29, 1.82) is 0 Å². The van der Waals surface area contributed by atoms with E-state index in [2.05, 4.69) is 38.1 Å². The third kappa shape index (κ3) is 2.02. The Morgan fingerprint density at radius 1 is 0.955 bits per heavy atom. The molecule has 1 N–H and O–H groups in total. The van der Waals surface area contributed by atoms with Gasteiger partial charge in [-0.2, -0.15) is 0 Å². The molecule has 0 amide bonds. The van der Waals surface area contributed by atoms with Crippen molar-refractivity contribution < 1.29 is 9.84 Å². The minimum atomic E-state index is -0.504. The fourth-order valence-electron chi connectivity index (χ4n) is 3.80. The fourth-order valence-corrected chi connectivity index (χ4v) is 3.80. The van der Waals surface area contributed by atoms with Crippen LogP contribution in [-0.2, 0) is 10.3 Å². The van der Waals surface area contributed by atoms with E-state index in [0.29, 0.717) is 6.42 Å². The molecule has 0 aromatic heterocycles. The Morgan fingerprint density at radius 3 is 1.77 bits per heavy atom. The van der Waals surface area contributed by atoms with Gasteiger partial charge in [-0.1, -0.05) is 81.4 Å². The van der Waals surface area contributed by atoms with Crippen molar-refractivity contribution in [2.45, 2.75) is 45.0 Å². The van der Waals surface area contributed by atoms with Gasteiger partial charge in [0, 0.05) is 5.41 Å². The van der Waals surface area contributed by atoms with Crippen molar-refractivity contribution in [2.24, 2.45) is 5.41 Å².